The van der Waals surface area contributed by atoms with E-state index in [2.05, 4.69) is 35.9 Å². The minimum absolute atomic E-state index is 0. The molecule has 0 atom stereocenters. The van der Waals surface area contributed by atoms with Gasteiger partial charge < -0.3 is 10.6 Å². The summed E-state index contributed by atoms with van der Waals surface area (Å²) in [5.74, 6) is 2.31. The molecule has 0 aliphatic heterocycles. The number of guanidine groups is 1. The third-order valence-electron chi connectivity index (χ3n) is 4.11. The summed E-state index contributed by atoms with van der Waals surface area (Å²) in [7, 11) is 0. The summed E-state index contributed by atoms with van der Waals surface area (Å²) >= 11 is 0. The summed E-state index contributed by atoms with van der Waals surface area (Å²) < 4.78 is 3.68. The van der Waals surface area contributed by atoms with Gasteiger partial charge in [0.2, 0.25) is 0 Å². The minimum Gasteiger partial charge on any atom is -0.357 e. The van der Waals surface area contributed by atoms with E-state index in [1.165, 1.54) is 0 Å². The molecule has 2 N–H and O–H groups in total. The van der Waals surface area contributed by atoms with Crippen LogP contribution in [0.15, 0.2) is 66.2 Å². The van der Waals surface area contributed by atoms with Gasteiger partial charge in [-0.1, -0.05) is 6.07 Å². The number of halogens is 1. The van der Waals surface area contributed by atoms with Crippen LogP contribution < -0.4 is 10.6 Å². The second kappa shape index (κ2) is 9.96. The average molecular weight is 503 g/mol. The number of hydrogen-bond donors (Lipinski definition) is 2. The zero-order chi connectivity index (χ0) is 19.2. The Morgan fingerprint density at radius 2 is 2.00 bits per heavy atom. The van der Waals surface area contributed by atoms with E-state index in [1.54, 1.807) is 17.1 Å². The molecule has 4 heterocycles. The van der Waals surface area contributed by atoms with Gasteiger partial charge in [0.25, 0.3) is 0 Å². The van der Waals surface area contributed by atoms with E-state index in [0.717, 1.165) is 29.4 Å². The number of aliphatic imine (C=N–C) groups is 1. The molecule has 4 rings (SSSR count). The number of pyridine rings is 2. The molecule has 0 spiro atoms. The molecule has 0 aliphatic carbocycles. The first-order chi connectivity index (χ1) is 13.8. The second-order valence-electron chi connectivity index (χ2n) is 6.07. The molecule has 0 aliphatic rings. The van der Waals surface area contributed by atoms with Gasteiger partial charge in [0, 0.05) is 31.3 Å². The normalized spacial score (nSPS) is 11.3. The maximum absolute atomic E-state index is 4.67. The standard InChI is InChI=1S/C19H21N9.HI/c1-2-20-19(23-14-18-26-25-16-6-3-4-10-27(16)18)22-13-15-7-9-21-17(12-15)28-11-5-8-24-28;/h3-12H,2,13-14H2,1H3,(H2,20,22,23);1H. The molecule has 9 nitrogen and oxygen atoms in total. The van der Waals surface area contributed by atoms with Gasteiger partial charge in [0.15, 0.2) is 23.2 Å². The molecule has 4 aromatic heterocycles. The third kappa shape index (κ3) is 5.08. The van der Waals surface area contributed by atoms with Crippen LogP contribution in [0.3, 0.4) is 0 Å². The Labute approximate surface area is 185 Å². The van der Waals surface area contributed by atoms with Crippen molar-refractivity contribution in [1.29, 1.82) is 0 Å². The van der Waals surface area contributed by atoms with Gasteiger partial charge in [-0.15, -0.1) is 34.2 Å². The molecule has 0 amide bonds. The molecular weight excluding hydrogens is 481 g/mol. The SMILES string of the molecule is CCNC(=NCc1ccnc(-n2cccn2)c1)NCc1nnc2ccccn12.I. The monoisotopic (exact) mass is 503 g/mol. The fraction of sp³-hybridized carbons (Fsp3) is 0.211. The number of nitrogens with zero attached hydrogens (tertiary/aromatic N) is 7. The lowest BCUT2D eigenvalue weighted by Gasteiger charge is -2.11. The van der Waals surface area contributed by atoms with Crippen LogP contribution in [0.4, 0.5) is 0 Å². The van der Waals surface area contributed by atoms with E-state index in [1.807, 2.05) is 60.1 Å². The van der Waals surface area contributed by atoms with E-state index in [4.69, 9.17) is 0 Å². The van der Waals surface area contributed by atoms with Crippen LogP contribution >= 0.6 is 24.0 Å². The van der Waals surface area contributed by atoms with Crippen molar-refractivity contribution in [1.82, 2.24) is 40.0 Å². The number of rotatable bonds is 6. The number of fused-ring (bicyclic) bond motifs is 1. The Hall–Kier alpha value is -3.02. The van der Waals surface area contributed by atoms with Crippen molar-refractivity contribution in [2.45, 2.75) is 20.0 Å². The van der Waals surface area contributed by atoms with Gasteiger partial charge in [-0.25, -0.2) is 14.7 Å². The molecule has 0 saturated heterocycles. The fourth-order valence-electron chi connectivity index (χ4n) is 2.77. The molecule has 0 saturated carbocycles. The third-order valence-corrected chi connectivity index (χ3v) is 4.11. The quantitative estimate of drug-likeness (QED) is 0.238. The summed E-state index contributed by atoms with van der Waals surface area (Å²) in [6.07, 6.45) is 7.31. The lowest BCUT2D eigenvalue weighted by atomic mass is 10.2. The molecule has 0 bridgehead atoms. The van der Waals surface area contributed by atoms with E-state index >= 15 is 0 Å². The Morgan fingerprint density at radius 1 is 1.07 bits per heavy atom. The van der Waals surface area contributed by atoms with Crippen molar-refractivity contribution in [3.63, 3.8) is 0 Å². The molecule has 29 heavy (non-hydrogen) atoms. The van der Waals surface area contributed by atoms with Crippen LogP contribution in [-0.4, -0.2) is 41.9 Å². The van der Waals surface area contributed by atoms with Crippen molar-refractivity contribution in [2.75, 3.05) is 6.54 Å². The predicted octanol–water partition coefficient (Wildman–Crippen LogP) is 2.18. The topological polar surface area (TPSA) is 97.3 Å². The number of aromatic nitrogens is 6. The van der Waals surface area contributed by atoms with E-state index in [-0.39, 0.29) is 24.0 Å². The largest absolute Gasteiger partial charge is 0.357 e. The summed E-state index contributed by atoms with van der Waals surface area (Å²) in [5.41, 5.74) is 1.87. The zero-order valence-electron chi connectivity index (χ0n) is 15.9. The van der Waals surface area contributed by atoms with Gasteiger partial charge in [-0.2, -0.15) is 5.10 Å². The highest BCUT2D eigenvalue weighted by Gasteiger charge is 2.06. The molecule has 0 fully saturated rings. The molecular formula is C19H22IN9. The number of hydrogen-bond acceptors (Lipinski definition) is 5. The Morgan fingerprint density at radius 3 is 2.83 bits per heavy atom. The highest BCUT2D eigenvalue weighted by atomic mass is 127. The lowest BCUT2D eigenvalue weighted by molar-refractivity contribution is 0.765. The van der Waals surface area contributed by atoms with Crippen molar-refractivity contribution in [2.24, 2.45) is 4.99 Å². The summed E-state index contributed by atoms with van der Waals surface area (Å²) in [4.78, 5) is 9.01. The second-order valence-corrected chi connectivity index (χ2v) is 6.07. The van der Waals surface area contributed by atoms with Crippen LogP contribution in [0, 0.1) is 0 Å². The van der Waals surface area contributed by atoms with E-state index < -0.39 is 0 Å². The lowest BCUT2D eigenvalue weighted by Crippen LogP contribution is -2.37. The molecule has 0 aromatic carbocycles. The summed E-state index contributed by atoms with van der Waals surface area (Å²) in [6.45, 7) is 3.84. The van der Waals surface area contributed by atoms with Gasteiger partial charge in [0.1, 0.15) is 0 Å². The zero-order valence-corrected chi connectivity index (χ0v) is 18.3. The summed E-state index contributed by atoms with van der Waals surface area (Å²) in [5, 5.41) is 19.2. The van der Waals surface area contributed by atoms with Crippen molar-refractivity contribution in [3.8, 4) is 5.82 Å². The molecule has 10 heteroatoms. The highest BCUT2D eigenvalue weighted by Crippen LogP contribution is 2.07. The minimum atomic E-state index is 0. The first kappa shape index (κ1) is 20.7. The first-order valence-corrected chi connectivity index (χ1v) is 9.09. The fourth-order valence-corrected chi connectivity index (χ4v) is 2.77. The maximum Gasteiger partial charge on any atom is 0.191 e. The smallest absolute Gasteiger partial charge is 0.191 e. The van der Waals surface area contributed by atoms with Gasteiger partial charge >= 0.3 is 0 Å². The maximum atomic E-state index is 4.67. The van der Waals surface area contributed by atoms with Gasteiger partial charge in [0.05, 0.1) is 13.1 Å². The number of nitrogens with one attached hydrogen (secondary N) is 2. The van der Waals surface area contributed by atoms with Gasteiger partial charge in [-0.3, -0.25) is 4.40 Å². The van der Waals surface area contributed by atoms with Gasteiger partial charge in [-0.05, 0) is 42.8 Å². The van der Waals surface area contributed by atoms with Crippen LogP contribution in [-0.2, 0) is 13.1 Å². The Balaban J connectivity index is 0.00000240. The Kier molecular flexibility index (Phi) is 7.11. The molecule has 150 valence electrons. The van der Waals surface area contributed by atoms with Crippen molar-refractivity contribution < 1.29 is 0 Å². The Bertz CT molecular complexity index is 1070. The van der Waals surface area contributed by atoms with Crippen LogP contribution in [0.1, 0.15) is 18.3 Å². The van der Waals surface area contributed by atoms with Crippen LogP contribution in [0.5, 0.6) is 0 Å². The predicted molar refractivity (Wildman–Crippen MR) is 121 cm³/mol. The van der Waals surface area contributed by atoms with Crippen LogP contribution in [0.25, 0.3) is 11.5 Å². The molecule has 4 aromatic rings. The highest BCUT2D eigenvalue weighted by molar-refractivity contribution is 14.0. The molecule has 0 unspecified atom stereocenters. The van der Waals surface area contributed by atoms with Crippen molar-refractivity contribution in [3.05, 3.63) is 72.6 Å². The van der Waals surface area contributed by atoms with Crippen LogP contribution in [0.2, 0.25) is 0 Å². The van der Waals surface area contributed by atoms with E-state index in [9.17, 15) is 0 Å². The average Bonchev–Trinajstić information content (AvgIpc) is 3.41. The van der Waals surface area contributed by atoms with E-state index in [0.29, 0.717) is 19.0 Å². The van der Waals surface area contributed by atoms with Crippen molar-refractivity contribution >= 4 is 35.6 Å². The molecule has 0 radical (unpaired) electrons. The summed E-state index contributed by atoms with van der Waals surface area (Å²) in [6, 6.07) is 11.6. The first-order valence-electron chi connectivity index (χ1n) is 9.09.